The van der Waals surface area contributed by atoms with Gasteiger partial charge in [-0.3, -0.25) is 0 Å². The molecule has 0 amide bonds. The van der Waals surface area contributed by atoms with Gasteiger partial charge >= 0.3 is 0 Å². The van der Waals surface area contributed by atoms with Crippen molar-refractivity contribution in [3.8, 4) is 5.75 Å². The molecule has 0 radical (unpaired) electrons. The summed E-state index contributed by atoms with van der Waals surface area (Å²) < 4.78 is 5.32. The summed E-state index contributed by atoms with van der Waals surface area (Å²) in [6.07, 6.45) is 0.778. The number of ether oxygens (including phenoxy) is 1. The highest BCUT2D eigenvalue weighted by Gasteiger charge is 2.09. The molecular formula is C17H14ClNO. The first-order valence-electron chi connectivity index (χ1n) is 6.44. The second kappa shape index (κ2) is 5.51. The van der Waals surface area contributed by atoms with Crippen LogP contribution < -0.4 is 4.74 Å². The van der Waals surface area contributed by atoms with E-state index in [0.717, 1.165) is 28.6 Å². The fourth-order valence-corrected chi connectivity index (χ4v) is 2.50. The van der Waals surface area contributed by atoms with Gasteiger partial charge in [0.2, 0.25) is 0 Å². The molecule has 3 rings (SSSR count). The van der Waals surface area contributed by atoms with E-state index in [2.05, 4.69) is 23.2 Å². The van der Waals surface area contributed by atoms with Crippen LogP contribution in [0, 0.1) is 0 Å². The van der Waals surface area contributed by atoms with Crippen LogP contribution in [0.4, 0.5) is 0 Å². The van der Waals surface area contributed by atoms with E-state index in [1.165, 1.54) is 5.56 Å². The fourth-order valence-electron chi connectivity index (χ4n) is 2.30. The Morgan fingerprint density at radius 2 is 1.85 bits per heavy atom. The summed E-state index contributed by atoms with van der Waals surface area (Å²) in [5, 5.41) is 1.57. The first-order valence-corrected chi connectivity index (χ1v) is 6.82. The molecule has 100 valence electrons. The first-order chi connectivity index (χ1) is 9.78. The maximum atomic E-state index is 6.32. The Morgan fingerprint density at radius 1 is 1.05 bits per heavy atom. The van der Waals surface area contributed by atoms with Crippen LogP contribution in [0.1, 0.15) is 11.1 Å². The number of aromatic nitrogens is 1. The van der Waals surface area contributed by atoms with E-state index < -0.39 is 0 Å². The minimum Gasteiger partial charge on any atom is -0.494 e. The topological polar surface area (TPSA) is 22.1 Å². The number of hydrogen-bond donors (Lipinski definition) is 0. The lowest BCUT2D eigenvalue weighted by atomic mass is 10.0. The summed E-state index contributed by atoms with van der Waals surface area (Å²) in [7, 11) is 1.64. The summed E-state index contributed by atoms with van der Waals surface area (Å²) in [6.45, 7) is 0. The number of para-hydroxylation sites is 1. The Bertz CT molecular complexity index is 741. The minimum absolute atomic E-state index is 0.533. The smallest absolute Gasteiger partial charge is 0.145 e. The molecule has 2 nitrogen and oxygen atoms in total. The van der Waals surface area contributed by atoms with Crippen molar-refractivity contribution in [2.45, 2.75) is 6.42 Å². The summed E-state index contributed by atoms with van der Waals surface area (Å²) in [5.74, 6) is 0.746. The molecular weight excluding hydrogens is 270 g/mol. The van der Waals surface area contributed by atoms with E-state index in [1.807, 2.05) is 36.4 Å². The third-order valence-corrected chi connectivity index (χ3v) is 3.62. The van der Waals surface area contributed by atoms with E-state index in [-0.39, 0.29) is 0 Å². The number of halogens is 1. The normalized spacial score (nSPS) is 10.7. The number of pyridine rings is 1. The first kappa shape index (κ1) is 12.9. The number of nitrogens with zero attached hydrogens (tertiary/aromatic N) is 1. The maximum absolute atomic E-state index is 6.32. The van der Waals surface area contributed by atoms with Crippen molar-refractivity contribution < 1.29 is 4.74 Å². The predicted molar refractivity (Wildman–Crippen MR) is 82.6 cm³/mol. The van der Waals surface area contributed by atoms with Crippen molar-refractivity contribution in [1.29, 1.82) is 0 Å². The van der Waals surface area contributed by atoms with Gasteiger partial charge in [0.15, 0.2) is 0 Å². The molecule has 0 saturated heterocycles. The van der Waals surface area contributed by atoms with Crippen LogP contribution in [0.5, 0.6) is 5.75 Å². The Hall–Kier alpha value is -2.06. The monoisotopic (exact) mass is 283 g/mol. The quantitative estimate of drug-likeness (QED) is 0.661. The van der Waals surface area contributed by atoms with E-state index in [9.17, 15) is 0 Å². The average Bonchev–Trinajstić information content (AvgIpc) is 2.48. The molecule has 3 aromatic rings. The zero-order valence-electron chi connectivity index (χ0n) is 11.1. The van der Waals surface area contributed by atoms with Gasteiger partial charge in [-0.15, -0.1) is 0 Å². The molecule has 0 fully saturated rings. The molecule has 0 aliphatic rings. The summed E-state index contributed by atoms with van der Waals surface area (Å²) in [5.41, 5.74) is 3.05. The number of rotatable bonds is 3. The highest BCUT2D eigenvalue weighted by Crippen LogP contribution is 2.28. The van der Waals surface area contributed by atoms with Crippen LogP contribution in [0.3, 0.4) is 0 Å². The largest absolute Gasteiger partial charge is 0.494 e. The molecule has 0 unspecified atom stereocenters. The van der Waals surface area contributed by atoms with Crippen molar-refractivity contribution >= 4 is 22.5 Å². The zero-order chi connectivity index (χ0) is 13.9. The van der Waals surface area contributed by atoms with E-state index >= 15 is 0 Å². The third-order valence-electron chi connectivity index (χ3n) is 3.29. The van der Waals surface area contributed by atoms with Crippen molar-refractivity contribution in [1.82, 2.24) is 4.98 Å². The van der Waals surface area contributed by atoms with Gasteiger partial charge in [0, 0.05) is 11.8 Å². The van der Waals surface area contributed by atoms with E-state index in [4.69, 9.17) is 16.3 Å². The van der Waals surface area contributed by atoms with Crippen LogP contribution in [-0.4, -0.2) is 12.1 Å². The second-order valence-corrected chi connectivity index (χ2v) is 4.99. The number of methoxy groups -OCH3 is 1. The van der Waals surface area contributed by atoms with Crippen LogP contribution in [0.15, 0.2) is 54.6 Å². The van der Waals surface area contributed by atoms with Crippen molar-refractivity contribution in [2.75, 3.05) is 7.11 Å². The van der Waals surface area contributed by atoms with Gasteiger partial charge in [-0.05, 0) is 23.3 Å². The van der Waals surface area contributed by atoms with Crippen molar-refractivity contribution in [3.63, 3.8) is 0 Å². The van der Waals surface area contributed by atoms with Crippen molar-refractivity contribution in [2.24, 2.45) is 0 Å². The lowest BCUT2D eigenvalue weighted by molar-refractivity contribution is 0.419. The van der Waals surface area contributed by atoms with Crippen molar-refractivity contribution in [3.05, 3.63) is 70.9 Å². The summed E-state index contributed by atoms with van der Waals surface area (Å²) in [6, 6.07) is 18.2. The maximum Gasteiger partial charge on any atom is 0.145 e. The standard InChI is InChI=1S/C17H14ClNO/c1-20-15-9-5-8-13-11-14(17(18)19-16(13)15)10-12-6-3-2-4-7-12/h2-9,11H,10H2,1H3. The van der Waals surface area contributed by atoms with E-state index in [1.54, 1.807) is 7.11 Å². The van der Waals surface area contributed by atoms with Gasteiger partial charge in [-0.1, -0.05) is 54.1 Å². The zero-order valence-corrected chi connectivity index (χ0v) is 11.9. The van der Waals surface area contributed by atoms with Gasteiger partial charge in [0.25, 0.3) is 0 Å². The minimum atomic E-state index is 0.533. The molecule has 1 heterocycles. The number of benzene rings is 2. The van der Waals surface area contributed by atoms with Gasteiger partial charge in [0.1, 0.15) is 16.4 Å². The molecule has 0 aliphatic heterocycles. The van der Waals surface area contributed by atoms with Gasteiger partial charge in [-0.25, -0.2) is 4.98 Å². The number of fused-ring (bicyclic) bond motifs is 1. The lowest BCUT2D eigenvalue weighted by Crippen LogP contribution is -1.94. The van der Waals surface area contributed by atoms with Crippen LogP contribution in [-0.2, 0) is 6.42 Å². The summed E-state index contributed by atoms with van der Waals surface area (Å²) >= 11 is 6.32. The highest BCUT2D eigenvalue weighted by molar-refractivity contribution is 6.30. The second-order valence-electron chi connectivity index (χ2n) is 4.63. The molecule has 0 atom stereocenters. The molecule has 0 saturated carbocycles. The fraction of sp³-hybridized carbons (Fsp3) is 0.118. The molecule has 1 aromatic heterocycles. The Balaban J connectivity index is 2.07. The molecule has 0 aliphatic carbocycles. The molecule has 2 aromatic carbocycles. The molecule has 0 bridgehead atoms. The van der Waals surface area contributed by atoms with Crippen LogP contribution >= 0.6 is 11.6 Å². The predicted octanol–water partition coefficient (Wildman–Crippen LogP) is 4.49. The van der Waals surface area contributed by atoms with Gasteiger partial charge < -0.3 is 4.74 Å². The molecule has 0 N–H and O–H groups in total. The molecule has 3 heteroatoms. The summed E-state index contributed by atoms with van der Waals surface area (Å²) in [4.78, 5) is 4.48. The highest BCUT2D eigenvalue weighted by atomic mass is 35.5. The SMILES string of the molecule is COc1cccc2cc(Cc3ccccc3)c(Cl)nc12. The third kappa shape index (κ3) is 2.47. The molecule has 0 spiro atoms. The Morgan fingerprint density at radius 3 is 2.60 bits per heavy atom. The number of hydrogen-bond acceptors (Lipinski definition) is 2. The Labute approximate surface area is 123 Å². The lowest BCUT2D eigenvalue weighted by Gasteiger charge is -2.09. The molecule has 20 heavy (non-hydrogen) atoms. The van der Waals surface area contributed by atoms with Gasteiger partial charge in [-0.2, -0.15) is 0 Å². The van der Waals surface area contributed by atoms with Gasteiger partial charge in [0.05, 0.1) is 7.11 Å². The van der Waals surface area contributed by atoms with E-state index in [0.29, 0.717) is 5.15 Å². The van der Waals surface area contributed by atoms with Crippen LogP contribution in [0.25, 0.3) is 10.9 Å². The van der Waals surface area contributed by atoms with Crippen LogP contribution in [0.2, 0.25) is 5.15 Å². The Kier molecular flexibility index (Phi) is 3.57. The average molecular weight is 284 g/mol.